The third kappa shape index (κ3) is 5.70. The van der Waals surface area contributed by atoms with Gasteiger partial charge in [-0.1, -0.05) is 54.3 Å². The van der Waals surface area contributed by atoms with Crippen LogP contribution in [-0.2, 0) is 21.2 Å². The smallest absolute Gasteiger partial charge is 0.244 e. The summed E-state index contributed by atoms with van der Waals surface area (Å²) in [5.74, 6) is -0.428. The van der Waals surface area contributed by atoms with Gasteiger partial charge in [-0.3, -0.25) is 4.79 Å². The lowest BCUT2D eigenvalue weighted by molar-refractivity contribution is -0.120. The van der Waals surface area contributed by atoms with Crippen LogP contribution in [0.5, 0.6) is 0 Å². The van der Waals surface area contributed by atoms with E-state index in [2.05, 4.69) is 22.4 Å². The summed E-state index contributed by atoms with van der Waals surface area (Å²) in [6.07, 6.45) is 5.05. The molecule has 0 bridgehead atoms. The van der Waals surface area contributed by atoms with Gasteiger partial charge < -0.3 is 5.32 Å². The number of aryl methyl sites for hydroxylation is 1. The van der Waals surface area contributed by atoms with Crippen molar-refractivity contribution in [2.75, 3.05) is 18.4 Å². The fraction of sp³-hybridized carbons (Fsp3) is 0.526. The van der Waals surface area contributed by atoms with Gasteiger partial charge in [0.15, 0.2) is 0 Å². The molecule has 164 valence electrons. The topological polar surface area (TPSA) is 92.3 Å². The molecule has 30 heavy (non-hydrogen) atoms. The molecule has 1 aromatic carbocycles. The predicted molar refractivity (Wildman–Crippen MR) is 120 cm³/mol. The molecule has 2 heterocycles. The largest absolute Gasteiger partial charge is 0.300 e. The first kappa shape index (κ1) is 23.4. The van der Waals surface area contributed by atoms with Gasteiger partial charge in [-0.25, -0.2) is 8.42 Å². The molecule has 11 heteroatoms. The zero-order chi connectivity index (χ0) is 21.7. The molecular formula is C19H24Cl2N4O3S2. The first-order chi connectivity index (χ1) is 14.3. The Morgan fingerprint density at radius 1 is 1.23 bits per heavy atom. The zero-order valence-electron chi connectivity index (χ0n) is 16.6. The fourth-order valence-corrected chi connectivity index (χ4v) is 6.30. The van der Waals surface area contributed by atoms with Crippen molar-refractivity contribution >= 4 is 55.6 Å². The van der Waals surface area contributed by atoms with Crippen molar-refractivity contribution in [3.8, 4) is 0 Å². The lowest BCUT2D eigenvalue weighted by Gasteiger charge is -2.30. The van der Waals surface area contributed by atoms with E-state index in [4.69, 9.17) is 23.2 Å². The van der Waals surface area contributed by atoms with Crippen molar-refractivity contribution in [1.29, 1.82) is 0 Å². The third-order valence-corrected chi connectivity index (χ3v) is 8.54. The number of sulfonamides is 1. The molecule has 1 aliphatic heterocycles. The highest BCUT2D eigenvalue weighted by Gasteiger charge is 2.33. The highest BCUT2D eigenvalue weighted by atomic mass is 35.5. The van der Waals surface area contributed by atoms with Crippen molar-refractivity contribution in [1.82, 2.24) is 14.5 Å². The fourth-order valence-electron chi connectivity index (χ4n) is 3.31. The minimum Gasteiger partial charge on any atom is -0.300 e. The predicted octanol–water partition coefficient (Wildman–Crippen LogP) is 4.62. The van der Waals surface area contributed by atoms with Gasteiger partial charge in [0, 0.05) is 30.5 Å². The number of amides is 1. The van der Waals surface area contributed by atoms with Crippen molar-refractivity contribution in [2.45, 2.75) is 50.3 Å². The zero-order valence-corrected chi connectivity index (χ0v) is 19.7. The molecule has 1 aromatic heterocycles. The van der Waals surface area contributed by atoms with Crippen molar-refractivity contribution < 1.29 is 13.2 Å². The minimum absolute atomic E-state index is 0.0102. The monoisotopic (exact) mass is 490 g/mol. The quantitative estimate of drug-likeness (QED) is 0.545. The third-order valence-electron chi connectivity index (χ3n) is 5.03. The van der Waals surface area contributed by atoms with Crippen molar-refractivity contribution in [3.63, 3.8) is 0 Å². The van der Waals surface area contributed by atoms with Crippen LogP contribution in [0.15, 0.2) is 23.1 Å². The summed E-state index contributed by atoms with van der Waals surface area (Å²) < 4.78 is 27.2. The first-order valence-corrected chi connectivity index (χ1v) is 12.9. The second-order valence-electron chi connectivity index (χ2n) is 7.20. The van der Waals surface area contributed by atoms with E-state index < -0.39 is 10.0 Å². The van der Waals surface area contributed by atoms with E-state index >= 15 is 0 Å². The summed E-state index contributed by atoms with van der Waals surface area (Å²) >= 11 is 13.4. The number of unbranched alkanes of at least 4 members (excludes halogenated alkanes) is 2. The summed E-state index contributed by atoms with van der Waals surface area (Å²) in [7, 11) is -3.77. The van der Waals surface area contributed by atoms with Crippen LogP contribution >= 0.6 is 34.5 Å². The molecule has 1 fully saturated rings. The molecule has 1 amide bonds. The Hall–Kier alpha value is -1.26. The van der Waals surface area contributed by atoms with Crippen LogP contribution in [0.2, 0.25) is 10.0 Å². The number of nitrogens with one attached hydrogen (secondary N) is 1. The number of nitrogens with zero attached hydrogens (tertiary/aromatic N) is 3. The van der Waals surface area contributed by atoms with Gasteiger partial charge in [0.25, 0.3) is 0 Å². The maximum Gasteiger partial charge on any atom is 0.244 e. The number of hydrogen-bond acceptors (Lipinski definition) is 6. The van der Waals surface area contributed by atoms with Crippen molar-refractivity contribution in [2.24, 2.45) is 5.92 Å². The molecule has 3 rings (SSSR count). The van der Waals surface area contributed by atoms with Crippen LogP contribution in [0, 0.1) is 5.92 Å². The lowest BCUT2D eigenvalue weighted by Crippen LogP contribution is -2.41. The van der Waals surface area contributed by atoms with E-state index in [9.17, 15) is 13.2 Å². The molecule has 0 atom stereocenters. The Labute approximate surface area is 190 Å². The van der Waals surface area contributed by atoms with E-state index in [0.717, 1.165) is 30.7 Å². The van der Waals surface area contributed by atoms with Gasteiger partial charge in [0.05, 0.1) is 5.02 Å². The minimum atomic E-state index is -3.77. The van der Waals surface area contributed by atoms with Crippen LogP contribution in [0.25, 0.3) is 0 Å². The maximum absolute atomic E-state index is 12.9. The molecule has 0 spiro atoms. The van der Waals surface area contributed by atoms with Gasteiger partial charge in [0.1, 0.15) is 9.90 Å². The van der Waals surface area contributed by atoms with Crippen LogP contribution in [0.3, 0.4) is 0 Å². The summed E-state index contributed by atoms with van der Waals surface area (Å²) in [5.41, 5.74) is 0. The Morgan fingerprint density at radius 3 is 2.67 bits per heavy atom. The van der Waals surface area contributed by atoms with Gasteiger partial charge >= 0.3 is 0 Å². The lowest BCUT2D eigenvalue weighted by atomic mass is 9.97. The number of piperidine rings is 1. The Bertz CT molecular complexity index is 989. The van der Waals surface area contributed by atoms with Crippen LogP contribution in [0.1, 0.15) is 44.0 Å². The van der Waals surface area contributed by atoms with Crippen molar-refractivity contribution in [3.05, 3.63) is 33.3 Å². The molecule has 1 aliphatic rings. The van der Waals surface area contributed by atoms with E-state index in [0.29, 0.717) is 23.0 Å². The summed E-state index contributed by atoms with van der Waals surface area (Å²) in [4.78, 5) is 12.6. The van der Waals surface area contributed by atoms with Gasteiger partial charge in [-0.2, -0.15) is 4.31 Å². The molecule has 1 saturated heterocycles. The molecule has 2 aromatic rings. The second-order valence-corrected chi connectivity index (χ2v) is 11.0. The van der Waals surface area contributed by atoms with E-state index in [1.807, 2.05) is 0 Å². The molecule has 0 radical (unpaired) electrons. The molecule has 7 nitrogen and oxygen atoms in total. The van der Waals surface area contributed by atoms with E-state index in [1.165, 1.54) is 27.8 Å². The Kier molecular flexibility index (Phi) is 8.09. The molecule has 0 aliphatic carbocycles. The van der Waals surface area contributed by atoms with Crippen LogP contribution in [0.4, 0.5) is 5.13 Å². The number of aromatic nitrogens is 2. The molecule has 1 N–H and O–H groups in total. The highest BCUT2D eigenvalue weighted by molar-refractivity contribution is 7.89. The molecular weight excluding hydrogens is 467 g/mol. The standard InChI is InChI=1S/C19H24Cl2N4O3S2/c1-2-3-4-5-17-23-24-19(29-17)22-18(26)13-8-10-25(11-9-13)30(27,28)16-12-14(20)6-7-15(16)21/h6-7,12-13H,2-5,8-11H2,1H3,(H,22,24,26). The van der Waals surface area contributed by atoms with E-state index in [-0.39, 0.29) is 34.8 Å². The first-order valence-electron chi connectivity index (χ1n) is 9.89. The average Bonchev–Trinajstić information content (AvgIpc) is 3.17. The summed E-state index contributed by atoms with van der Waals surface area (Å²) in [6, 6.07) is 4.36. The van der Waals surface area contributed by atoms with Crippen LogP contribution < -0.4 is 5.32 Å². The number of hydrogen-bond donors (Lipinski definition) is 1. The normalized spacial score (nSPS) is 16.0. The number of benzene rings is 1. The number of carbonyl (C=O) groups excluding carboxylic acids is 1. The molecule has 0 saturated carbocycles. The van der Waals surface area contributed by atoms with Gasteiger partial charge in [-0.15, -0.1) is 10.2 Å². The summed E-state index contributed by atoms with van der Waals surface area (Å²) in [5, 5.41) is 12.8. The van der Waals surface area contributed by atoms with E-state index in [1.54, 1.807) is 6.07 Å². The number of rotatable bonds is 8. The van der Waals surface area contributed by atoms with Crippen LogP contribution in [-0.4, -0.2) is 41.9 Å². The number of carbonyl (C=O) groups is 1. The maximum atomic E-state index is 12.9. The Balaban J connectivity index is 1.56. The second kappa shape index (κ2) is 10.4. The summed E-state index contributed by atoms with van der Waals surface area (Å²) in [6.45, 7) is 2.62. The average molecular weight is 491 g/mol. The number of anilines is 1. The highest BCUT2D eigenvalue weighted by Crippen LogP contribution is 2.30. The Morgan fingerprint density at radius 2 is 1.97 bits per heavy atom. The SMILES string of the molecule is CCCCCc1nnc(NC(=O)C2CCN(S(=O)(=O)c3cc(Cl)ccc3Cl)CC2)s1. The van der Waals surface area contributed by atoms with Gasteiger partial charge in [-0.05, 0) is 37.5 Å². The molecule has 0 unspecified atom stereocenters. The number of halogens is 2. The van der Waals surface area contributed by atoms with Gasteiger partial charge in [0.2, 0.25) is 21.1 Å².